The molecule has 1 aliphatic heterocycles. The second-order valence-electron chi connectivity index (χ2n) is 2.24. The number of fused-ring (bicyclic) bond motifs is 1. The SMILES string of the molecule is Clc1nnc(Cl)c2c1C=CCO2. The highest BCUT2D eigenvalue weighted by Gasteiger charge is 2.15. The van der Waals surface area contributed by atoms with Gasteiger partial charge in [0.1, 0.15) is 6.61 Å². The van der Waals surface area contributed by atoms with Gasteiger partial charge in [-0.1, -0.05) is 23.2 Å². The van der Waals surface area contributed by atoms with Crippen LogP contribution in [-0.4, -0.2) is 16.8 Å². The third kappa shape index (κ3) is 1.15. The molecule has 0 saturated heterocycles. The van der Waals surface area contributed by atoms with Crippen molar-refractivity contribution in [2.75, 3.05) is 6.61 Å². The lowest BCUT2D eigenvalue weighted by molar-refractivity contribution is 0.356. The lowest BCUT2D eigenvalue weighted by Crippen LogP contribution is -2.03. The van der Waals surface area contributed by atoms with E-state index in [-0.39, 0.29) is 5.15 Å². The van der Waals surface area contributed by atoms with E-state index in [0.717, 1.165) is 0 Å². The Morgan fingerprint density at radius 2 is 2.00 bits per heavy atom. The number of hydrogen-bond acceptors (Lipinski definition) is 3. The van der Waals surface area contributed by atoms with Gasteiger partial charge in [-0.2, -0.15) is 0 Å². The van der Waals surface area contributed by atoms with Crippen molar-refractivity contribution in [3.63, 3.8) is 0 Å². The summed E-state index contributed by atoms with van der Waals surface area (Å²) in [7, 11) is 0. The molecule has 2 heterocycles. The molecule has 1 aliphatic rings. The molecule has 0 aliphatic carbocycles. The molecular formula is C7H4Cl2N2O. The standard InChI is InChI=1S/C7H4Cl2N2O/c8-6-4-2-1-3-12-5(4)7(9)11-10-6/h1-2H,3H2. The van der Waals surface area contributed by atoms with Crippen LogP contribution >= 0.6 is 23.2 Å². The van der Waals surface area contributed by atoms with Crippen molar-refractivity contribution >= 4 is 29.3 Å². The highest BCUT2D eigenvalue weighted by molar-refractivity contribution is 6.33. The second kappa shape index (κ2) is 2.92. The van der Waals surface area contributed by atoms with Crippen molar-refractivity contribution in [2.24, 2.45) is 0 Å². The molecule has 0 fully saturated rings. The zero-order valence-electron chi connectivity index (χ0n) is 5.92. The average molecular weight is 203 g/mol. The van der Waals surface area contributed by atoms with Gasteiger partial charge in [0.25, 0.3) is 0 Å². The summed E-state index contributed by atoms with van der Waals surface area (Å²) in [5, 5.41) is 7.82. The Morgan fingerprint density at radius 1 is 1.25 bits per heavy atom. The molecule has 0 atom stereocenters. The van der Waals surface area contributed by atoms with Crippen LogP contribution in [0.3, 0.4) is 0 Å². The molecule has 0 saturated carbocycles. The Hall–Kier alpha value is -0.800. The molecule has 2 rings (SSSR count). The molecule has 0 radical (unpaired) electrons. The maximum atomic E-state index is 5.75. The molecule has 62 valence electrons. The van der Waals surface area contributed by atoms with E-state index in [4.69, 9.17) is 27.9 Å². The van der Waals surface area contributed by atoms with Crippen LogP contribution < -0.4 is 4.74 Å². The average Bonchev–Trinajstić information content (AvgIpc) is 2.12. The molecule has 1 aromatic rings. The smallest absolute Gasteiger partial charge is 0.194 e. The lowest BCUT2D eigenvalue weighted by Gasteiger charge is -2.12. The number of ether oxygens (including phenoxy) is 1. The first-order valence-corrected chi connectivity index (χ1v) is 4.05. The van der Waals surface area contributed by atoms with Crippen molar-refractivity contribution in [3.05, 3.63) is 21.9 Å². The predicted octanol–water partition coefficient (Wildman–Crippen LogP) is 2.19. The molecule has 0 spiro atoms. The fourth-order valence-corrected chi connectivity index (χ4v) is 1.35. The summed E-state index contributed by atoms with van der Waals surface area (Å²) in [6, 6.07) is 0. The topological polar surface area (TPSA) is 35.0 Å². The van der Waals surface area contributed by atoms with Gasteiger partial charge in [0.2, 0.25) is 0 Å². The Morgan fingerprint density at radius 3 is 2.75 bits per heavy atom. The van der Waals surface area contributed by atoms with Gasteiger partial charge in [0.15, 0.2) is 16.1 Å². The molecule has 12 heavy (non-hydrogen) atoms. The number of rotatable bonds is 0. The maximum Gasteiger partial charge on any atom is 0.194 e. The van der Waals surface area contributed by atoms with Crippen LogP contribution in [0.4, 0.5) is 0 Å². The van der Waals surface area contributed by atoms with E-state index in [9.17, 15) is 0 Å². The summed E-state index contributed by atoms with van der Waals surface area (Å²) >= 11 is 11.5. The molecule has 3 nitrogen and oxygen atoms in total. The first-order chi connectivity index (χ1) is 5.79. The summed E-state index contributed by atoms with van der Waals surface area (Å²) < 4.78 is 5.23. The molecule has 5 heteroatoms. The predicted molar refractivity (Wildman–Crippen MR) is 46.6 cm³/mol. The zero-order valence-corrected chi connectivity index (χ0v) is 7.43. The van der Waals surface area contributed by atoms with E-state index >= 15 is 0 Å². The number of aromatic nitrogens is 2. The maximum absolute atomic E-state index is 5.75. The lowest BCUT2D eigenvalue weighted by atomic mass is 10.2. The van der Waals surface area contributed by atoms with Crippen molar-refractivity contribution in [1.82, 2.24) is 10.2 Å². The quantitative estimate of drug-likeness (QED) is 0.648. The summed E-state index contributed by atoms with van der Waals surface area (Å²) in [5.41, 5.74) is 0.697. The molecule has 0 aromatic carbocycles. The first-order valence-electron chi connectivity index (χ1n) is 3.30. The van der Waals surface area contributed by atoms with E-state index in [0.29, 0.717) is 23.1 Å². The Kier molecular flexibility index (Phi) is 1.90. The van der Waals surface area contributed by atoms with Crippen molar-refractivity contribution in [3.8, 4) is 5.75 Å². The monoisotopic (exact) mass is 202 g/mol. The van der Waals surface area contributed by atoms with E-state index in [1.54, 1.807) is 0 Å². The van der Waals surface area contributed by atoms with Crippen molar-refractivity contribution in [2.45, 2.75) is 0 Å². The number of nitrogens with zero attached hydrogens (tertiary/aromatic N) is 2. The van der Waals surface area contributed by atoms with Crippen LogP contribution in [0, 0.1) is 0 Å². The van der Waals surface area contributed by atoms with Gasteiger partial charge in [0, 0.05) is 0 Å². The molecule has 0 amide bonds. The van der Waals surface area contributed by atoms with Crippen molar-refractivity contribution in [1.29, 1.82) is 0 Å². The summed E-state index contributed by atoms with van der Waals surface area (Å²) in [6.07, 6.45) is 3.66. The zero-order chi connectivity index (χ0) is 8.55. The van der Waals surface area contributed by atoms with Gasteiger partial charge in [-0.25, -0.2) is 0 Å². The molecule has 0 unspecified atom stereocenters. The second-order valence-corrected chi connectivity index (χ2v) is 2.95. The van der Waals surface area contributed by atoms with Crippen LogP contribution in [-0.2, 0) is 0 Å². The van der Waals surface area contributed by atoms with Gasteiger partial charge in [-0.3, -0.25) is 0 Å². The minimum atomic E-state index is 0.249. The van der Waals surface area contributed by atoms with E-state index < -0.39 is 0 Å². The van der Waals surface area contributed by atoms with E-state index in [1.807, 2.05) is 12.2 Å². The molecule has 1 aromatic heterocycles. The summed E-state index contributed by atoms with van der Waals surface area (Å²) in [4.78, 5) is 0. The van der Waals surface area contributed by atoms with Crippen LogP contribution in [0.5, 0.6) is 5.75 Å². The Labute approximate surface area is 79.0 Å². The first kappa shape index (κ1) is 7.83. The number of halogens is 2. The van der Waals surface area contributed by atoms with Gasteiger partial charge in [-0.05, 0) is 12.2 Å². The van der Waals surface area contributed by atoms with E-state index in [2.05, 4.69) is 10.2 Å². The van der Waals surface area contributed by atoms with Gasteiger partial charge < -0.3 is 4.74 Å². The van der Waals surface area contributed by atoms with Crippen molar-refractivity contribution < 1.29 is 4.74 Å². The number of hydrogen-bond donors (Lipinski definition) is 0. The summed E-state index contributed by atoms with van der Waals surface area (Å²) in [5.74, 6) is 0.513. The molecular weight excluding hydrogens is 199 g/mol. The van der Waals surface area contributed by atoms with Crippen LogP contribution in [0.1, 0.15) is 5.56 Å². The highest BCUT2D eigenvalue weighted by atomic mass is 35.5. The Bertz CT molecular complexity index is 352. The fourth-order valence-electron chi connectivity index (χ4n) is 0.971. The van der Waals surface area contributed by atoms with Gasteiger partial charge in [0.05, 0.1) is 5.56 Å². The third-order valence-electron chi connectivity index (χ3n) is 1.49. The Balaban J connectivity index is 2.67. The minimum Gasteiger partial charge on any atom is -0.485 e. The molecule has 0 N–H and O–H groups in total. The summed E-state index contributed by atoms with van der Waals surface area (Å²) in [6.45, 7) is 0.495. The third-order valence-corrected chi connectivity index (χ3v) is 2.01. The fraction of sp³-hybridized carbons (Fsp3) is 0.143. The van der Waals surface area contributed by atoms with Crippen LogP contribution in [0.2, 0.25) is 10.3 Å². The van der Waals surface area contributed by atoms with Crippen LogP contribution in [0.15, 0.2) is 6.08 Å². The van der Waals surface area contributed by atoms with Crippen LogP contribution in [0.25, 0.3) is 6.08 Å². The molecule has 0 bridgehead atoms. The normalized spacial score (nSPS) is 13.8. The van der Waals surface area contributed by atoms with E-state index in [1.165, 1.54) is 0 Å². The van der Waals surface area contributed by atoms with Gasteiger partial charge >= 0.3 is 0 Å². The minimum absolute atomic E-state index is 0.249. The highest BCUT2D eigenvalue weighted by Crippen LogP contribution is 2.33. The largest absolute Gasteiger partial charge is 0.485 e. The van der Waals surface area contributed by atoms with Gasteiger partial charge in [-0.15, -0.1) is 10.2 Å².